The van der Waals surface area contributed by atoms with Crippen molar-refractivity contribution >= 4 is 15.9 Å². The number of hydrogen-bond donors (Lipinski definition) is 1. The molecular formula is C15H17BrFN3. The van der Waals surface area contributed by atoms with Crippen LogP contribution >= 0.6 is 15.9 Å². The fourth-order valence-corrected chi connectivity index (χ4v) is 3.19. The number of nitrogens with one attached hydrogen (secondary N) is 1. The van der Waals surface area contributed by atoms with E-state index in [4.69, 9.17) is 0 Å². The van der Waals surface area contributed by atoms with Crippen LogP contribution in [-0.2, 0) is 5.41 Å². The monoisotopic (exact) mass is 337 g/mol. The van der Waals surface area contributed by atoms with Gasteiger partial charge in [-0.1, -0.05) is 22.9 Å². The molecule has 2 heterocycles. The third kappa shape index (κ3) is 2.40. The molecule has 1 N–H and O–H groups in total. The first-order valence-electron chi connectivity index (χ1n) is 6.79. The topological polar surface area (TPSA) is 29.9 Å². The molecule has 0 saturated carbocycles. The van der Waals surface area contributed by atoms with Crippen LogP contribution in [0.4, 0.5) is 4.39 Å². The Morgan fingerprint density at radius 1 is 1.35 bits per heavy atom. The van der Waals surface area contributed by atoms with Crippen molar-refractivity contribution in [2.75, 3.05) is 13.1 Å². The Balaban J connectivity index is 2.08. The second-order valence-corrected chi connectivity index (χ2v) is 6.47. The summed E-state index contributed by atoms with van der Waals surface area (Å²) in [7, 11) is 0. The summed E-state index contributed by atoms with van der Waals surface area (Å²) in [4.78, 5) is 4.25. The van der Waals surface area contributed by atoms with Gasteiger partial charge in [0, 0.05) is 21.8 Å². The molecule has 0 unspecified atom stereocenters. The number of imidazole rings is 1. The van der Waals surface area contributed by atoms with Gasteiger partial charge in [0.25, 0.3) is 0 Å². The Morgan fingerprint density at radius 2 is 2.10 bits per heavy atom. The number of rotatable bonds is 2. The van der Waals surface area contributed by atoms with Crippen LogP contribution in [0.1, 0.15) is 25.5 Å². The minimum Gasteiger partial charge on any atom is -0.317 e. The average molecular weight is 338 g/mol. The van der Waals surface area contributed by atoms with E-state index in [2.05, 4.69) is 33.2 Å². The molecule has 2 aromatic rings. The first kappa shape index (κ1) is 13.8. The molecule has 106 valence electrons. The van der Waals surface area contributed by atoms with E-state index in [9.17, 15) is 4.39 Å². The van der Waals surface area contributed by atoms with Crippen LogP contribution < -0.4 is 5.32 Å². The maximum Gasteiger partial charge on any atom is 0.147 e. The number of aromatic nitrogens is 2. The summed E-state index contributed by atoms with van der Waals surface area (Å²) in [6.07, 6.45) is 5.64. The van der Waals surface area contributed by atoms with E-state index < -0.39 is 0 Å². The van der Waals surface area contributed by atoms with Gasteiger partial charge in [-0.15, -0.1) is 0 Å². The summed E-state index contributed by atoms with van der Waals surface area (Å²) in [6.45, 7) is 4.21. The molecule has 1 aromatic carbocycles. The quantitative estimate of drug-likeness (QED) is 0.909. The summed E-state index contributed by atoms with van der Waals surface area (Å²) in [5, 5.41) is 3.37. The molecule has 3 rings (SSSR count). The van der Waals surface area contributed by atoms with Crippen molar-refractivity contribution in [1.82, 2.24) is 14.9 Å². The normalized spacial score (nSPS) is 18.1. The molecule has 0 aliphatic carbocycles. The number of halogens is 2. The van der Waals surface area contributed by atoms with Gasteiger partial charge in [-0.05, 0) is 44.1 Å². The smallest absolute Gasteiger partial charge is 0.147 e. The molecule has 1 aliphatic heterocycles. The third-order valence-corrected chi connectivity index (χ3v) is 4.62. The van der Waals surface area contributed by atoms with Crippen LogP contribution in [0.25, 0.3) is 5.69 Å². The minimum absolute atomic E-state index is 0.0382. The fourth-order valence-electron chi connectivity index (χ4n) is 2.84. The molecule has 1 aromatic heterocycles. The van der Waals surface area contributed by atoms with Crippen LogP contribution in [0, 0.1) is 5.82 Å². The molecule has 5 heteroatoms. The van der Waals surface area contributed by atoms with Crippen molar-refractivity contribution in [1.29, 1.82) is 0 Å². The van der Waals surface area contributed by atoms with E-state index >= 15 is 0 Å². The van der Waals surface area contributed by atoms with Crippen LogP contribution in [0.2, 0.25) is 0 Å². The van der Waals surface area contributed by atoms with E-state index in [0.29, 0.717) is 5.69 Å². The molecule has 3 nitrogen and oxygen atoms in total. The second-order valence-electron chi connectivity index (χ2n) is 5.56. The largest absolute Gasteiger partial charge is 0.317 e. The number of piperidine rings is 1. The van der Waals surface area contributed by atoms with E-state index in [1.54, 1.807) is 18.5 Å². The van der Waals surface area contributed by atoms with Gasteiger partial charge in [-0.25, -0.2) is 9.37 Å². The maximum absolute atomic E-state index is 14.1. The molecule has 0 spiro atoms. The van der Waals surface area contributed by atoms with Gasteiger partial charge >= 0.3 is 0 Å². The van der Waals surface area contributed by atoms with Crippen LogP contribution in [0.5, 0.6) is 0 Å². The fraction of sp³-hybridized carbons (Fsp3) is 0.400. The number of hydrogen-bond acceptors (Lipinski definition) is 2. The van der Waals surface area contributed by atoms with Gasteiger partial charge in [0.15, 0.2) is 0 Å². The summed E-state index contributed by atoms with van der Waals surface area (Å²) in [6, 6.07) is 4.99. The average Bonchev–Trinajstić information content (AvgIpc) is 2.92. The van der Waals surface area contributed by atoms with Crippen LogP contribution in [0.15, 0.2) is 35.2 Å². The molecule has 1 fully saturated rings. The van der Waals surface area contributed by atoms with Gasteiger partial charge in [-0.3, -0.25) is 4.57 Å². The van der Waals surface area contributed by atoms with Gasteiger partial charge in [-0.2, -0.15) is 0 Å². The van der Waals surface area contributed by atoms with Crippen molar-refractivity contribution in [2.45, 2.75) is 25.2 Å². The Morgan fingerprint density at radius 3 is 2.85 bits per heavy atom. The summed E-state index contributed by atoms with van der Waals surface area (Å²) >= 11 is 3.41. The molecular weight excluding hydrogens is 321 g/mol. The van der Waals surface area contributed by atoms with Crippen LogP contribution in [0.3, 0.4) is 0 Å². The highest BCUT2D eigenvalue weighted by Crippen LogP contribution is 2.34. The zero-order valence-corrected chi connectivity index (χ0v) is 13.0. The first-order valence-corrected chi connectivity index (χ1v) is 7.58. The zero-order valence-electron chi connectivity index (χ0n) is 11.4. The highest BCUT2D eigenvalue weighted by atomic mass is 79.9. The van der Waals surface area contributed by atoms with Crippen molar-refractivity contribution < 1.29 is 4.39 Å². The standard InChI is InChI=1S/C15H17BrFN3/c1-15(4-6-18-7-5-15)14-9-19-10-20(14)13-8-11(16)2-3-12(13)17/h2-3,8-10,18H,4-7H2,1H3. The van der Waals surface area contributed by atoms with E-state index in [1.807, 2.05) is 10.8 Å². The first-order chi connectivity index (χ1) is 9.60. The van der Waals surface area contributed by atoms with E-state index in [1.165, 1.54) is 6.07 Å². The summed E-state index contributed by atoms with van der Waals surface area (Å²) in [5.41, 5.74) is 1.67. The van der Waals surface area contributed by atoms with Crippen molar-refractivity contribution in [3.05, 3.63) is 46.7 Å². The lowest BCUT2D eigenvalue weighted by Gasteiger charge is -2.34. The van der Waals surface area contributed by atoms with E-state index in [0.717, 1.165) is 36.1 Å². The molecule has 20 heavy (non-hydrogen) atoms. The van der Waals surface area contributed by atoms with Gasteiger partial charge in [0.1, 0.15) is 5.82 Å². The summed E-state index contributed by atoms with van der Waals surface area (Å²) in [5.74, 6) is -0.231. The lowest BCUT2D eigenvalue weighted by Crippen LogP contribution is -2.38. The molecule has 1 aliphatic rings. The highest BCUT2D eigenvalue weighted by Gasteiger charge is 2.32. The lowest BCUT2D eigenvalue weighted by atomic mass is 9.78. The molecule has 0 bridgehead atoms. The Labute approximate surface area is 126 Å². The van der Waals surface area contributed by atoms with Crippen LogP contribution in [-0.4, -0.2) is 22.6 Å². The van der Waals surface area contributed by atoms with Crippen molar-refractivity contribution in [3.63, 3.8) is 0 Å². The molecule has 0 amide bonds. The Hall–Kier alpha value is -1.20. The highest BCUT2D eigenvalue weighted by molar-refractivity contribution is 9.10. The predicted molar refractivity (Wildman–Crippen MR) is 80.7 cm³/mol. The lowest BCUT2D eigenvalue weighted by molar-refractivity contribution is 0.323. The van der Waals surface area contributed by atoms with E-state index in [-0.39, 0.29) is 11.2 Å². The number of nitrogens with zero attached hydrogens (tertiary/aromatic N) is 2. The minimum atomic E-state index is -0.231. The second kappa shape index (κ2) is 5.30. The van der Waals surface area contributed by atoms with Crippen molar-refractivity contribution in [3.8, 4) is 5.69 Å². The number of benzene rings is 1. The Kier molecular flexibility index (Phi) is 3.65. The molecule has 1 saturated heterocycles. The maximum atomic E-state index is 14.1. The zero-order chi connectivity index (χ0) is 14.2. The third-order valence-electron chi connectivity index (χ3n) is 4.13. The van der Waals surface area contributed by atoms with Gasteiger partial charge in [0.2, 0.25) is 0 Å². The van der Waals surface area contributed by atoms with Gasteiger partial charge < -0.3 is 5.32 Å². The van der Waals surface area contributed by atoms with Crippen molar-refractivity contribution in [2.24, 2.45) is 0 Å². The predicted octanol–water partition coefficient (Wildman–Crippen LogP) is 3.42. The molecule has 0 radical (unpaired) electrons. The Bertz CT molecular complexity index is 617. The molecule has 0 atom stereocenters. The SMILES string of the molecule is CC1(c2cncn2-c2cc(Br)ccc2F)CCNCC1. The summed E-state index contributed by atoms with van der Waals surface area (Å²) < 4.78 is 16.9. The van der Waals surface area contributed by atoms with Gasteiger partial charge in [0.05, 0.1) is 12.0 Å².